The number of rotatable bonds is 4. The van der Waals surface area contributed by atoms with Crippen LogP contribution in [0.2, 0.25) is 0 Å². The van der Waals surface area contributed by atoms with Gasteiger partial charge in [0.25, 0.3) is 0 Å². The molecule has 92 valence electrons. The molecule has 2 atom stereocenters. The van der Waals surface area contributed by atoms with E-state index in [1.165, 1.54) is 5.06 Å². The second kappa shape index (κ2) is 5.78. The molecule has 1 heterocycles. The summed E-state index contributed by atoms with van der Waals surface area (Å²) in [5.74, 6) is -0.705. The van der Waals surface area contributed by atoms with Crippen LogP contribution in [0, 0.1) is 0 Å². The smallest absolute Gasteiger partial charge is 0.337 e. The highest BCUT2D eigenvalue weighted by molar-refractivity contribution is 5.78. The summed E-state index contributed by atoms with van der Waals surface area (Å²) in [5, 5.41) is 4.06. The number of ether oxygens (including phenoxy) is 1. The summed E-state index contributed by atoms with van der Waals surface area (Å²) in [4.78, 5) is 27.7. The minimum absolute atomic E-state index is 0.0889. The molecule has 1 aliphatic heterocycles. The van der Waals surface area contributed by atoms with Crippen molar-refractivity contribution in [2.45, 2.75) is 25.6 Å². The number of carbonyl (C=O) groups is 2. The molecular weight excluding hydrogens is 214 g/mol. The topological polar surface area (TPSA) is 93.9 Å². The highest BCUT2D eigenvalue weighted by Crippen LogP contribution is 2.18. The number of hydrogen-bond donors (Lipinski definition) is 2. The molecule has 3 N–H and O–H groups in total. The molecule has 1 aliphatic rings. The van der Waals surface area contributed by atoms with Crippen LogP contribution >= 0.6 is 0 Å². The fourth-order valence-electron chi connectivity index (χ4n) is 1.44. The fraction of sp³-hybridized carbons (Fsp3) is 0.778. The largest absolute Gasteiger partial charge is 0.464 e. The third kappa shape index (κ3) is 3.16. The number of esters is 1. The van der Waals surface area contributed by atoms with E-state index in [4.69, 9.17) is 15.3 Å². The molecule has 0 aromatic carbocycles. The number of carbonyl (C=O) groups excluding carboxylic acids is 2. The molecule has 0 spiro atoms. The van der Waals surface area contributed by atoms with Crippen LogP contribution in [0.4, 0.5) is 0 Å². The Morgan fingerprint density at radius 3 is 2.88 bits per heavy atom. The van der Waals surface area contributed by atoms with Crippen molar-refractivity contribution in [1.82, 2.24) is 10.4 Å². The molecule has 1 rings (SSSR count). The van der Waals surface area contributed by atoms with Crippen molar-refractivity contribution in [1.29, 1.82) is 0 Å². The minimum Gasteiger partial charge on any atom is -0.464 e. The molecule has 16 heavy (non-hydrogen) atoms. The molecule has 7 nitrogen and oxygen atoms in total. The standard InChI is InChI=1S/C9H17N3O4/c1-3-15-9(14)6-4-7(12(2)16-6)11-8(13)5-10/h6-7H,3-5,10H2,1-2H3,(H,11,13)/t6-,7-/m1/s1. The van der Waals surface area contributed by atoms with Crippen LogP contribution in [-0.2, 0) is 19.2 Å². The molecule has 0 saturated carbocycles. The lowest BCUT2D eigenvalue weighted by Gasteiger charge is -2.17. The van der Waals surface area contributed by atoms with Crippen molar-refractivity contribution in [2.24, 2.45) is 5.73 Å². The van der Waals surface area contributed by atoms with Gasteiger partial charge in [-0.1, -0.05) is 0 Å². The van der Waals surface area contributed by atoms with Gasteiger partial charge in [-0.05, 0) is 6.92 Å². The van der Waals surface area contributed by atoms with E-state index in [9.17, 15) is 9.59 Å². The second-order valence-corrected chi connectivity index (χ2v) is 3.42. The van der Waals surface area contributed by atoms with Crippen LogP contribution in [0.25, 0.3) is 0 Å². The number of hydroxylamine groups is 2. The van der Waals surface area contributed by atoms with Gasteiger partial charge in [-0.15, -0.1) is 0 Å². The van der Waals surface area contributed by atoms with Gasteiger partial charge in [-0.3, -0.25) is 9.63 Å². The zero-order valence-electron chi connectivity index (χ0n) is 9.43. The van der Waals surface area contributed by atoms with E-state index in [-0.39, 0.29) is 18.6 Å². The zero-order chi connectivity index (χ0) is 12.1. The molecular formula is C9H17N3O4. The van der Waals surface area contributed by atoms with E-state index in [1.54, 1.807) is 14.0 Å². The van der Waals surface area contributed by atoms with Gasteiger partial charge in [0.2, 0.25) is 5.91 Å². The van der Waals surface area contributed by atoms with E-state index in [1.807, 2.05) is 0 Å². The summed E-state index contributed by atoms with van der Waals surface area (Å²) in [7, 11) is 1.64. The highest BCUT2D eigenvalue weighted by atomic mass is 16.7. The van der Waals surface area contributed by atoms with Crippen LogP contribution < -0.4 is 11.1 Å². The maximum Gasteiger partial charge on any atom is 0.337 e. The number of nitrogens with one attached hydrogen (secondary N) is 1. The Morgan fingerprint density at radius 1 is 1.62 bits per heavy atom. The van der Waals surface area contributed by atoms with Gasteiger partial charge in [-0.2, -0.15) is 5.06 Å². The number of amides is 1. The van der Waals surface area contributed by atoms with Gasteiger partial charge in [0.15, 0.2) is 6.10 Å². The van der Waals surface area contributed by atoms with Crippen molar-refractivity contribution in [3.8, 4) is 0 Å². The Kier molecular flexibility index (Phi) is 4.66. The van der Waals surface area contributed by atoms with E-state index in [0.717, 1.165) is 0 Å². The van der Waals surface area contributed by atoms with Crippen molar-refractivity contribution in [3.63, 3.8) is 0 Å². The monoisotopic (exact) mass is 231 g/mol. The fourth-order valence-corrected chi connectivity index (χ4v) is 1.44. The van der Waals surface area contributed by atoms with Crippen molar-refractivity contribution in [2.75, 3.05) is 20.2 Å². The molecule has 0 radical (unpaired) electrons. The van der Waals surface area contributed by atoms with Crippen molar-refractivity contribution in [3.05, 3.63) is 0 Å². The van der Waals surface area contributed by atoms with Crippen LogP contribution in [0.15, 0.2) is 0 Å². The predicted molar refractivity (Wildman–Crippen MR) is 54.9 cm³/mol. The molecule has 0 aromatic heterocycles. The van der Waals surface area contributed by atoms with E-state index in [0.29, 0.717) is 13.0 Å². The van der Waals surface area contributed by atoms with E-state index in [2.05, 4.69) is 5.32 Å². The van der Waals surface area contributed by atoms with Crippen LogP contribution in [-0.4, -0.2) is 49.4 Å². The maximum absolute atomic E-state index is 11.4. The molecule has 1 amide bonds. The summed E-state index contributed by atoms with van der Waals surface area (Å²) in [6.07, 6.45) is -0.639. The van der Waals surface area contributed by atoms with Crippen LogP contribution in [0.1, 0.15) is 13.3 Å². The summed E-state index contributed by atoms with van der Waals surface area (Å²) in [6.45, 7) is 1.95. The quantitative estimate of drug-likeness (QED) is 0.577. The summed E-state index contributed by atoms with van der Waals surface area (Å²) in [5.41, 5.74) is 5.17. The molecule has 0 aliphatic carbocycles. The summed E-state index contributed by atoms with van der Waals surface area (Å²) >= 11 is 0. The van der Waals surface area contributed by atoms with Gasteiger partial charge in [0.1, 0.15) is 6.17 Å². The van der Waals surface area contributed by atoms with Crippen molar-refractivity contribution < 1.29 is 19.2 Å². The first-order chi connectivity index (χ1) is 7.58. The first-order valence-corrected chi connectivity index (χ1v) is 5.14. The zero-order valence-corrected chi connectivity index (χ0v) is 9.43. The van der Waals surface area contributed by atoms with E-state index < -0.39 is 12.1 Å². The van der Waals surface area contributed by atoms with E-state index >= 15 is 0 Å². The number of hydrogen-bond acceptors (Lipinski definition) is 6. The number of nitrogens with two attached hydrogens (primary N) is 1. The molecule has 1 saturated heterocycles. The molecule has 0 unspecified atom stereocenters. The summed E-state index contributed by atoms with van der Waals surface area (Å²) < 4.78 is 4.83. The Labute approximate surface area is 93.8 Å². The average molecular weight is 231 g/mol. The van der Waals surface area contributed by atoms with Gasteiger partial charge in [0, 0.05) is 13.5 Å². The predicted octanol–water partition coefficient (Wildman–Crippen LogP) is -1.41. The van der Waals surface area contributed by atoms with Gasteiger partial charge >= 0.3 is 5.97 Å². The van der Waals surface area contributed by atoms with Gasteiger partial charge in [0.05, 0.1) is 13.2 Å². The number of nitrogens with zero attached hydrogens (tertiary/aromatic N) is 1. The maximum atomic E-state index is 11.4. The van der Waals surface area contributed by atoms with Gasteiger partial charge in [-0.25, -0.2) is 4.79 Å². The van der Waals surface area contributed by atoms with Crippen LogP contribution in [0.3, 0.4) is 0 Å². The first-order valence-electron chi connectivity index (χ1n) is 5.14. The summed E-state index contributed by atoms with van der Waals surface area (Å²) in [6, 6.07) is 0. The second-order valence-electron chi connectivity index (χ2n) is 3.42. The molecule has 0 bridgehead atoms. The Morgan fingerprint density at radius 2 is 2.31 bits per heavy atom. The molecule has 7 heteroatoms. The normalized spacial score (nSPS) is 25.4. The molecule has 1 fully saturated rings. The minimum atomic E-state index is -0.659. The third-order valence-electron chi connectivity index (χ3n) is 2.23. The SMILES string of the molecule is CCOC(=O)[C@H]1C[C@H](NC(=O)CN)N(C)O1. The molecule has 0 aromatic rings. The Bertz CT molecular complexity index is 271. The Balaban J connectivity index is 2.46. The van der Waals surface area contributed by atoms with Crippen molar-refractivity contribution >= 4 is 11.9 Å². The highest BCUT2D eigenvalue weighted by Gasteiger charge is 2.37. The van der Waals surface area contributed by atoms with Gasteiger partial charge < -0.3 is 15.8 Å². The van der Waals surface area contributed by atoms with Crippen LogP contribution in [0.5, 0.6) is 0 Å². The lowest BCUT2D eigenvalue weighted by molar-refractivity contribution is -0.182. The first kappa shape index (κ1) is 12.9. The third-order valence-corrected chi connectivity index (χ3v) is 2.23. The lowest BCUT2D eigenvalue weighted by Crippen LogP contribution is -2.44. The lowest BCUT2D eigenvalue weighted by atomic mass is 10.2. The Hall–Kier alpha value is -1.18. The average Bonchev–Trinajstić information content (AvgIpc) is 2.61.